The Morgan fingerprint density at radius 2 is 2.35 bits per heavy atom. The van der Waals surface area contributed by atoms with Gasteiger partial charge in [-0.2, -0.15) is 0 Å². The van der Waals surface area contributed by atoms with E-state index in [4.69, 9.17) is 4.74 Å². The van der Waals surface area contributed by atoms with Crippen molar-refractivity contribution in [1.29, 1.82) is 0 Å². The van der Waals surface area contributed by atoms with Crippen LogP contribution in [0.2, 0.25) is 0 Å². The van der Waals surface area contributed by atoms with Crippen LogP contribution in [-0.4, -0.2) is 27.0 Å². The first-order valence-electron chi connectivity index (χ1n) is 8.70. The maximum atomic E-state index is 12.6. The minimum atomic E-state index is -0.336. The van der Waals surface area contributed by atoms with Crippen LogP contribution < -0.4 is 10.1 Å². The predicted molar refractivity (Wildman–Crippen MR) is 102 cm³/mol. The third kappa shape index (κ3) is 3.10. The van der Waals surface area contributed by atoms with E-state index in [1.165, 1.54) is 16.9 Å². The van der Waals surface area contributed by atoms with Crippen LogP contribution in [-0.2, 0) is 17.6 Å². The standard InChI is InChI=1S/C19H20N4O2S/c1-3-17-20-7-8-23(17)12(2)18(24)22-19-21-15(11-26-19)13-4-5-16-14(10-13)6-9-25-16/h4-5,7-8,10-12H,3,6,9H2,1-2H3,(H,21,22,24). The molecule has 0 fully saturated rings. The van der Waals surface area contributed by atoms with Crippen molar-refractivity contribution in [2.24, 2.45) is 0 Å². The normalized spacial score (nSPS) is 13.9. The summed E-state index contributed by atoms with van der Waals surface area (Å²) in [6.45, 7) is 4.63. The number of carbonyl (C=O) groups is 1. The number of aryl methyl sites for hydroxylation is 1. The summed E-state index contributed by atoms with van der Waals surface area (Å²) < 4.78 is 7.44. The predicted octanol–water partition coefficient (Wildman–Crippen LogP) is 3.70. The molecule has 6 nitrogen and oxygen atoms in total. The summed E-state index contributed by atoms with van der Waals surface area (Å²) in [6.07, 6.45) is 5.28. The van der Waals surface area contributed by atoms with E-state index in [1.807, 2.05) is 42.1 Å². The fourth-order valence-corrected chi connectivity index (χ4v) is 3.84. The van der Waals surface area contributed by atoms with E-state index in [9.17, 15) is 4.79 Å². The van der Waals surface area contributed by atoms with Crippen molar-refractivity contribution in [2.75, 3.05) is 11.9 Å². The van der Waals surface area contributed by atoms with Crippen molar-refractivity contribution < 1.29 is 9.53 Å². The molecule has 1 N–H and O–H groups in total. The molecule has 1 aromatic carbocycles. The molecule has 0 saturated carbocycles. The number of benzene rings is 1. The minimum absolute atomic E-state index is 0.0963. The van der Waals surface area contributed by atoms with Gasteiger partial charge in [-0.15, -0.1) is 11.3 Å². The highest BCUT2D eigenvalue weighted by Gasteiger charge is 2.19. The molecule has 0 bridgehead atoms. The van der Waals surface area contributed by atoms with Gasteiger partial charge in [-0.25, -0.2) is 9.97 Å². The van der Waals surface area contributed by atoms with Crippen LogP contribution in [0.3, 0.4) is 0 Å². The van der Waals surface area contributed by atoms with E-state index in [1.54, 1.807) is 6.20 Å². The van der Waals surface area contributed by atoms with Gasteiger partial charge in [0, 0.05) is 36.2 Å². The molecule has 0 saturated heterocycles. The van der Waals surface area contributed by atoms with Crippen molar-refractivity contribution in [2.45, 2.75) is 32.7 Å². The van der Waals surface area contributed by atoms with Crippen LogP contribution in [0.25, 0.3) is 11.3 Å². The van der Waals surface area contributed by atoms with Crippen LogP contribution in [0.1, 0.15) is 31.3 Å². The number of ether oxygens (including phenoxy) is 1. The van der Waals surface area contributed by atoms with E-state index in [0.29, 0.717) is 5.13 Å². The van der Waals surface area contributed by atoms with E-state index >= 15 is 0 Å². The lowest BCUT2D eigenvalue weighted by molar-refractivity contribution is -0.118. The fraction of sp³-hybridized carbons (Fsp3) is 0.316. The summed E-state index contributed by atoms with van der Waals surface area (Å²) in [5.74, 6) is 1.76. The number of carbonyl (C=O) groups excluding carboxylic acids is 1. The molecule has 1 atom stereocenters. The van der Waals surface area contributed by atoms with Crippen LogP contribution in [0.5, 0.6) is 5.75 Å². The van der Waals surface area contributed by atoms with E-state index in [2.05, 4.69) is 21.4 Å². The van der Waals surface area contributed by atoms with Gasteiger partial charge in [-0.3, -0.25) is 4.79 Å². The molecule has 0 radical (unpaired) electrons. The second-order valence-corrected chi connectivity index (χ2v) is 7.09. The zero-order valence-electron chi connectivity index (χ0n) is 14.7. The van der Waals surface area contributed by atoms with Gasteiger partial charge in [0.15, 0.2) is 5.13 Å². The minimum Gasteiger partial charge on any atom is -0.493 e. The highest BCUT2D eigenvalue weighted by Crippen LogP contribution is 2.32. The summed E-state index contributed by atoms with van der Waals surface area (Å²) in [5.41, 5.74) is 3.12. The van der Waals surface area contributed by atoms with Gasteiger partial charge in [0.25, 0.3) is 0 Å². The molecule has 2 aromatic heterocycles. The first-order chi connectivity index (χ1) is 12.7. The van der Waals surface area contributed by atoms with Gasteiger partial charge in [-0.1, -0.05) is 6.92 Å². The van der Waals surface area contributed by atoms with E-state index in [0.717, 1.165) is 42.3 Å². The maximum absolute atomic E-state index is 12.6. The molecule has 134 valence electrons. The van der Waals surface area contributed by atoms with Crippen molar-refractivity contribution >= 4 is 22.4 Å². The molecule has 1 aliphatic rings. The second kappa shape index (κ2) is 6.92. The quantitative estimate of drug-likeness (QED) is 0.745. The molecule has 7 heteroatoms. The summed E-state index contributed by atoms with van der Waals surface area (Å²) in [6, 6.07) is 5.77. The Hall–Kier alpha value is -2.67. The zero-order valence-corrected chi connectivity index (χ0v) is 15.5. The number of hydrogen-bond donors (Lipinski definition) is 1. The Morgan fingerprint density at radius 3 is 3.19 bits per heavy atom. The van der Waals surface area contributed by atoms with Crippen molar-refractivity contribution in [3.05, 3.63) is 47.4 Å². The first kappa shape index (κ1) is 16.8. The van der Waals surface area contributed by atoms with Gasteiger partial charge in [0.05, 0.1) is 12.3 Å². The Morgan fingerprint density at radius 1 is 1.46 bits per heavy atom. The van der Waals surface area contributed by atoms with Crippen molar-refractivity contribution in [1.82, 2.24) is 14.5 Å². The Balaban J connectivity index is 1.49. The van der Waals surface area contributed by atoms with Gasteiger partial charge in [0.1, 0.15) is 17.6 Å². The fourth-order valence-electron chi connectivity index (χ4n) is 3.12. The third-order valence-corrected chi connectivity index (χ3v) is 5.34. The van der Waals surface area contributed by atoms with Gasteiger partial charge >= 0.3 is 0 Å². The third-order valence-electron chi connectivity index (χ3n) is 4.58. The van der Waals surface area contributed by atoms with Crippen molar-refractivity contribution in [3.63, 3.8) is 0 Å². The molecule has 3 heterocycles. The molecular weight excluding hydrogens is 348 g/mol. The number of nitrogens with one attached hydrogen (secondary N) is 1. The Bertz CT molecular complexity index is 947. The average Bonchev–Trinajstić information content (AvgIpc) is 3.39. The highest BCUT2D eigenvalue weighted by molar-refractivity contribution is 7.14. The number of imidazole rings is 1. The first-order valence-corrected chi connectivity index (χ1v) is 9.58. The number of rotatable bonds is 5. The van der Waals surface area contributed by atoms with Crippen LogP contribution in [0.15, 0.2) is 36.0 Å². The lowest BCUT2D eigenvalue weighted by Gasteiger charge is -2.14. The summed E-state index contributed by atoms with van der Waals surface area (Å²) >= 11 is 1.43. The van der Waals surface area contributed by atoms with Crippen molar-refractivity contribution in [3.8, 4) is 17.0 Å². The van der Waals surface area contributed by atoms with E-state index in [-0.39, 0.29) is 11.9 Å². The van der Waals surface area contributed by atoms with Gasteiger partial charge < -0.3 is 14.6 Å². The van der Waals surface area contributed by atoms with Crippen LogP contribution >= 0.6 is 11.3 Å². The highest BCUT2D eigenvalue weighted by atomic mass is 32.1. The molecule has 1 amide bonds. The number of thiazole rings is 1. The number of amides is 1. The summed E-state index contributed by atoms with van der Waals surface area (Å²) in [5, 5.41) is 5.49. The zero-order chi connectivity index (χ0) is 18.1. The lowest BCUT2D eigenvalue weighted by atomic mass is 10.1. The molecule has 0 aliphatic carbocycles. The smallest absolute Gasteiger partial charge is 0.248 e. The average molecular weight is 368 g/mol. The van der Waals surface area contributed by atoms with Gasteiger partial charge in [-0.05, 0) is 30.7 Å². The summed E-state index contributed by atoms with van der Waals surface area (Å²) in [4.78, 5) is 21.4. The molecule has 3 aromatic rings. The van der Waals surface area contributed by atoms with Gasteiger partial charge in [0.2, 0.25) is 5.91 Å². The summed E-state index contributed by atoms with van der Waals surface area (Å²) in [7, 11) is 0. The maximum Gasteiger partial charge on any atom is 0.248 e. The number of anilines is 1. The largest absolute Gasteiger partial charge is 0.493 e. The monoisotopic (exact) mass is 368 g/mol. The lowest BCUT2D eigenvalue weighted by Crippen LogP contribution is -2.24. The molecular formula is C19H20N4O2S. The topological polar surface area (TPSA) is 69.0 Å². The number of nitrogens with zero attached hydrogens (tertiary/aromatic N) is 3. The number of hydrogen-bond acceptors (Lipinski definition) is 5. The number of fused-ring (bicyclic) bond motifs is 1. The second-order valence-electron chi connectivity index (χ2n) is 6.23. The van der Waals surface area contributed by atoms with Crippen LogP contribution in [0.4, 0.5) is 5.13 Å². The molecule has 1 aliphatic heterocycles. The molecule has 1 unspecified atom stereocenters. The Kier molecular flexibility index (Phi) is 4.46. The van der Waals surface area contributed by atoms with E-state index < -0.39 is 0 Å². The molecule has 0 spiro atoms. The molecule has 26 heavy (non-hydrogen) atoms. The van der Waals surface area contributed by atoms with Crippen LogP contribution in [0, 0.1) is 0 Å². The number of aromatic nitrogens is 3. The SMILES string of the molecule is CCc1nccn1C(C)C(=O)Nc1nc(-c2ccc3c(c2)CCO3)cs1. The Labute approximate surface area is 155 Å². The molecule has 4 rings (SSSR count).